The topological polar surface area (TPSA) is 66.9 Å². The molecule has 1 fully saturated rings. The number of ether oxygens (including phenoxy) is 1. The maximum atomic E-state index is 14.6. The van der Waals surface area contributed by atoms with Crippen LogP contribution in [-0.2, 0) is 14.3 Å². The Morgan fingerprint density at radius 1 is 1.03 bits per heavy atom. The van der Waals surface area contributed by atoms with Crippen molar-refractivity contribution in [3.8, 4) is 0 Å². The number of amides is 2. The van der Waals surface area contributed by atoms with Crippen LogP contribution in [0.1, 0.15) is 48.9 Å². The summed E-state index contributed by atoms with van der Waals surface area (Å²) in [5.41, 5.74) is 0.580. The van der Waals surface area contributed by atoms with E-state index in [1.165, 1.54) is 0 Å². The molecule has 2 heterocycles. The highest BCUT2D eigenvalue weighted by Gasteiger charge is 2.41. The lowest BCUT2D eigenvalue weighted by Crippen LogP contribution is -2.32. The number of hydrogen-bond acceptors (Lipinski definition) is 5. The van der Waals surface area contributed by atoms with E-state index in [0.717, 1.165) is 55.8 Å². The second kappa shape index (κ2) is 8.24. The van der Waals surface area contributed by atoms with Crippen LogP contribution in [0.2, 0.25) is 5.02 Å². The molecule has 0 unspecified atom stereocenters. The quantitative estimate of drug-likeness (QED) is 0.539. The molecule has 1 aromatic carbocycles. The van der Waals surface area contributed by atoms with Gasteiger partial charge in [-0.25, -0.2) is 14.1 Å². The normalized spacial score (nSPS) is 19.9. The van der Waals surface area contributed by atoms with Crippen molar-refractivity contribution in [1.29, 1.82) is 0 Å². The van der Waals surface area contributed by atoms with Crippen molar-refractivity contribution >= 4 is 35.1 Å². The van der Waals surface area contributed by atoms with E-state index in [1.54, 1.807) is 0 Å². The second-order valence-electron chi connectivity index (χ2n) is 7.58. The lowest BCUT2D eigenvalue weighted by molar-refractivity contribution is -0.120. The van der Waals surface area contributed by atoms with Crippen LogP contribution in [0, 0.1) is 5.82 Å². The number of anilines is 1. The Bertz CT molecular complexity index is 880. The first-order valence-corrected chi connectivity index (χ1v) is 10.3. The SMILES string of the molecule is O=C(OCCN1CCCC1)c1cc(N2C(=O)C3=C(CCCC3)C2=O)c(F)cc1Cl. The fraction of sp³-hybridized carbons (Fsp3) is 0.476. The van der Waals surface area contributed by atoms with Gasteiger partial charge in [0.1, 0.15) is 12.4 Å². The molecule has 29 heavy (non-hydrogen) atoms. The van der Waals surface area contributed by atoms with Gasteiger partial charge in [0.25, 0.3) is 11.8 Å². The van der Waals surface area contributed by atoms with Gasteiger partial charge in [0.2, 0.25) is 0 Å². The molecule has 1 saturated heterocycles. The summed E-state index contributed by atoms with van der Waals surface area (Å²) in [7, 11) is 0. The standard InChI is InChI=1S/C21H22ClFN2O4/c22-16-12-17(23)18(25-19(26)13-5-1-2-6-14(13)20(25)27)11-15(16)21(28)29-10-9-24-7-3-4-8-24/h11-12H,1-10H2. The summed E-state index contributed by atoms with van der Waals surface area (Å²) in [6, 6.07) is 2.09. The molecule has 154 valence electrons. The van der Waals surface area contributed by atoms with E-state index in [1.807, 2.05) is 0 Å². The van der Waals surface area contributed by atoms with Crippen LogP contribution in [0.25, 0.3) is 0 Å². The Morgan fingerprint density at radius 2 is 1.66 bits per heavy atom. The van der Waals surface area contributed by atoms with Gasteiger partial charge in [-0.1, -0.05) is 11.6 Å². The molecular formula is C21H22ClFN2O4. The van der Waals surface area contributed by atoms with E-state index in [9.17, 15) is 18.8 Å². The van der Waals surface area contributed by atoms with Crippen molar-refractivity contribution in [2.24, 2.45) is 0 Å². The highest BCUT2D eigenvalue weighted by atomic mass is 35.5. The summed E-state index contributed by atoms with van der Waals surface area (Å²) in [5.74, 6) is -2.56. The molecule has 6 nitrogen and oxygen atoms in total. The first-order chi connectivity index (χ1) is 14.0. The third-order valence-corrected chi connectivity index (χ3v) is 6.04. The predicted molar refractivity (Wildman–Crippen MR) is 105 cm³/mol. The summed E-state index contributed by atoms with van der Waals surface area (Å²) in [5, 5.41) is -0.116. The van der Waals surface area contributed by atoms with Gasteiger partial charge < -0.3 is 4.74 Å². The van der Waals surface area contributed by atoms with Gasteiger partial charge in [0.15, 0.2) is 0 Å². The van der Waals surface area contributed by atoms with Gasteiger partial charge in [-0.15, -0.1) is 0 Å². The summed E-state index contributed by atoms with van der Waals surface area (Å²) in [6.07, 6.45) is 4.94. The number of nitrogens with zero attached hydrogens (tertiary/aromatic N) is 2. The van der Waals surface area contributed by atoms with E-state index in [0.29, 0.717) is 30.5 Å². The first-order valence-electron chi connectivity index (χ1n) is 9.96. The smallest absolute Gasteiger partial charge is 0.339 e. The van der Waals surface area contributed by atoms with Crippen molar-refractivity contribution in [3.63, 3.8) is 0 Å². The van der Waals surface area contributed by atoms with Gasteiger partial charge in [-0.05, 0) is 63.7 Å². The fourth-order valence-corrected chi connectivity index (χ4v) is 4.40. The molecule has 0 aromatic heterocycles. The van der Waals surface area contributed by atoms with Crippen LogP contribution in [-0.4, -0.2) is 48.9 Å². The van der Waals surface area contributed by atoms with Crippen molar-refractivity contribution in [2.45, 2.75) is 38.5 Å². The fourth-order valence-electron chi connectivity index (χ4n) is 4.18. The highest BCUT2D eigenvalue weighted by Crippen LogP contribution is 2.37. The zero-order valence-corrected chi connectivity index (χ0v) is 16.8. The number of benzene rings is 1. The molecule has 4 rings (SSSR count). The van der Waals surface area contributed by atoms with E-state index in [2.05, 4.69) is 4.90 Å². The Kier molecular flexibility index (Phi) is 5.69. The lowest BCUT2D eigenvalue weighted by atomic mass is 9.93. The number of carbonyl (C=O) groups is 3. The predicted octanol–water partition coefficient (Wildman–Crippen LogP) is 3.48. The lowest BCUT2D eigenvalue weighted by Gasteiger charge is -2.18. The third kappa shape index (κ3) is 3.81. The van der Waals surface area contributed by atoms with Crippen molar-refractivity contribution < 1.29 is 23.5 Å². The van der Waals surface area contributed by atoms with Crippen LogP contribution in [0.5, 0.6) is 0 Å². The van der Waals surface area contributed by atoms with Gasteiger partial charge in [0.05, 0.1) is 16.3 Å². The number of halogens is 2. The zero-order valence-electron chi connectivity index (χ0n) is 16.0. The number of rotatable bonds is 5. The molecular weight excluding hydrogens is 399 g/mol. The molecule has 0 atom stereocenters. The molecule has 0 radical (unpaired) electrons. The largest absolute Gasteiger partial charge is 0.461 e. The molecule has 2 aliphatic heterocycles. The number of esters is 1. The van der Waals surface area contributed by atoms with E-state index < -0.39 is 23.6 Å². The second-order valence-corrected chi connectivity index (χ2v) is 7.99. The summed E-state index contributed by atoms with van der Waals surface area (Å²) in [4.78, 5) is 40.9. The van der Waals surface area contributed by atoms with Gasteiger partial charge in [-0.3, -0.25) is 14.5 Å². The first kappa shape index (κ1) is 20.0. The number of hydrogen-bond donors (Lipinski definition) is 0. The van der Waals surface area contributed by atoms with Crippen LogP contribution in [0.4, 0.5) is 10.1 Å². The summed E-state index contributed by atoms with van der Waals surface area (Å²) >= 11 is 6.05. The van der Waals surface area contributed by atoms with Crippen molar-refractivity contribution in [2.75, 3.05) is 31.1 Å². The average molecular weight is 421 g/mol. The van der Waals surface area contributed by atoms with E-state index in [4.69, 9.17) is 16.3 Å². The Hall–Kier alpha value is -2.25. The summed E-state index contributed by atoms with van der Waals surface area (Å²) in [6.45, 7) is 2.78. The third-order valence-electron chi connectivity index (χ3n) is 5.73. The highest BCUT2D eigenvalue weighted by molar-refractivity contribution is 6.35. The van der Waals surface area contributed by atoms with E-state index >= 15 is 0 Å². The molecule has 0 bridgehead atoms. The minimum absolute atomic E-state index is 0.0602. The van der Waals surface area contributed by atoms with Gasteiger partial charge >= 0.3 is 5.97 Å². The Balaban J connectivity index is 1.53. The number of likely N-dealkylation sites (tertiary alicyclic amines) is 1. The number of imide groups is 1. The van der Waals surface area contributed by atoms with Crippen molar-refractivity contribution in [1.82, 2.24) is 4.90 Å². The van der Waals surface area contributed by atoms with E-state index in [-0.39, 0.29) is 22.9 Å². The molecule has 0 spiro atoms. The molecule has 1 aromatic rings. The van der Waals surface area contributed by atoms with Crippen LogP contribution >= 0.6 is 11.6 Å². The van der Waals surface area contributed by atoms with Crippen molar-refractivity contribution in [3.05, 3.63) is 39.7 Å². The van der Waals surface area contributed by atoms with Crippen LogP contribution in [0.15, 0.2) is 23.3 Å². The molecule has 2 amide bonds. The Labute approximate surface area is 173 Å². The van der Waals surface area contributed by atoms with Crippen LogP contribution in [0.3, 0.4) is 0 Å². The molecule has 8 heteroatoms. The molecule has 3 aliphatic rings. The minimum Gasteiger partial charge on any atom is -0.461 e. The summed E-state index contributed by atoms with van der Waals surface area (Å²) < 4.78 is 19.9. The number of carbonyl (C=O) groups excluding carboxylic acids is 3. The molecule has 0 N–H and O–H groups in total. The monoisotopic (exact) mass is 420 g/mol. The molecule has 1 aliphatic carbocycles. The maximum Gasteiger partial charge on any atom is 0.339 e. The average Bonchev–Trinajstić information content (AvgIpc) is 3.30. The van der Waals surface area contributed by atoms with Crippen LogP contribution < -0.4 is 4.90 Å². The maximum absolute atomic E-state index is 14.6. The molecule has 0 saturated carbocycles. The zero-order chi connectivity index (χ0) is 20.5. The van der Waals surface area contributed by atoms with Gasteiger partial charge in [0, 0.05) is 17.7 Å². The minimum atomic E-state index is -0.829. The Morgan fingerprint density at radius 3 is 2.28 bits per heavy atom. The van der Waals surface area contributed by atoms with Gasteiger partial charge in [-0.2, -0.15) is 0 Å².